The monoisotopic (exact) mass is 220 g/mol. The van der Waals surface area contributed by atoms with Crippen LogP contribution in [0.3, 0.4) is 0 Å². The van der Waals surface area contributed by atoms with Gasteiger partial charge in [-0.25, -0.2) is 0 Å². The third-order valence-corrected chi connectivity index (χ3v) is 3.33. The van der Waals surface area contributed by atoms with Crippen LogP contribution in [0.15, 0.2) is 30.3 Å². The Morgan fingerprint density at radius 1 is 1.44 bits per heavy atom. The topological polar surface area (TPSA) is 35.5 Å². The average molecular weight is 220 g/mol. The van der Waals surface area contributed by atoms with Crippen molar-refractivity contribution in [3.05, 3.63) is 35.9 Å². The summed E-state index contributed by atoms with van der Waals surface area (Å²) in [7, 11) is 1.91. The molecule has 2 rings (SSSR count). The summed E-state index contributed by atoms with van der Waals surface area (Å²) in [5.41, 5.74) is 0.679. The van der Waals surface area contributed by atoms with Gasteiger partial charge in [0.2, 0.25) is 0 Å². The van der Waals surface area contributed by atoms with Gasteiger partial charge in [-0.1, -0.05) is 30.3 Å². The molecule has 0 unspecified atom stereocenters. The van der Waals surface area contributed by atoms with Crippen LogP contribution in [0.1, 0.15) is 12.5 Å². The van der Waals surface area contributed by atoms with Gasteiger partial charge in [-0.15, -0.1) is 0 Å². The average Bonchev–Trinajstić information content (AvgIpc) is 2.54. The molecule has 2 atom stereocenters. The molecule has 0 radical (unpaired) electrons. The van der Waals surface area contributed by atoms with E-state index >= 15 is 0 Å². The maximum absolute atomic E-state index is 10.2. The van der Waals surface area contributed by atoms with Crippen LogP contribution in [0, 0.1) is 0 Å². The van der Waals surface area contributed by atoms with Crippen molar-refractivity contribution in [2.75, 3.05) is 20.1 Å². The Bertz CT molecular complexity index is 337. The molecule has 1 aromatic carbocycles. The molecule has 1 aliphatic rings. The van der Waals surface area contributed by atoms with Gasteiger partial charge in [0, 0.05) is 25.7 Å². The number of benzene rings is 1. The lowest BCUT2D eigenvalue weighted by Gasteiger charge is -2.23. The van der Waals surface area contributed by atoms with Crippen molar-refractivity contribution in [1.82, 2.24) is 10.2 Å². The summed E-state index contributed by atoms with van der Waals surface area (Å²) in [6, 6.07) is 10.6. The molecule has 1 aromatic rings. The molecule has 1 aliphatic heterocycles. The molecule has 88 valence electrons. The number of aliphatic hydroxyl groups is 1. The molecular formula is C13H20N2O. The number of nitrogens with one attached hydrogen (secondary N) is 1. The molecule has 3 nitrogen and oxygen atoms in total. The smallest absolute Gasteiger partial charge is 0.0910 e. The van der Waals surface area contributed by atoms with Crippen LogP contribution in [0.4, 0.5) is 0 Å². The minimum atomic E-state index is -0.621. The summed E-state index contributed by atoms with van der Waals surface area (Å²) in [5.74, 6) is 0. The van der Waals surface area contributed by atoms with Crippen molar-refractivity contribution in [2.45, 2.75) is 25.1 Å². The highest BCUT2D eigenvalue weighted by molar-refractivity contribution is 5.15. The first kappa shape index (κ1) is 11.6. The fraction of sp³-hybridized carbons (Fsp3) is 0.538. The first-order valence-electron chi connectivity index (χ1n) is 5.78. The van der Waals surface area contributed by atoms with E-state index in [9.17, 15) is 5.11 Å². The predicted octanol–water partition coefficient (Wildman–Crippen LogP) is 0.841. The van der Waals surface area contributed by atoms with Gasteiger partial charge >= 0.3 is 0 Å². The second kappa shape index (κ2) is 4.53. The first-order valence-corrected chi connectivity index (χ1v) is 5.78. The van der Waals surface area contributed by atoms with Gasteiger partial charge in [0.05, 0.1) is 5.60 Å². The molecule has 0 bridgehead atoms. The van der Waals surface area contributed by atoms with E-state index in [0.717, 1.165) is 19.6 Å². The number of hydrogen-bond acceptors (Lipinski definition) is 3. The van der Waals surface area contributed by atoms with Gasteiger partial charge in [-0.2, -0.15) is 0 Å². The molecule has 1 fully saturated rings. The molecule has 0 saturated carbocycles. The number of hydrogen-bond donors (Lipinski definition) is 2. The normalized spacial score (nSPS) is 30.8. The van der Waals surface area contributed by atoms with Gasteiger partial charge in [-0.3, -0.25) is 4.90 Å². The molecule has 0 amide bonds. The molecule has 0 aromatic heterocycles. The molecule has 1 heterocycles. The van der Waals surface area contributed by atoms with E-state index in [1.54, 1.807) is 0 Å². The zero-order chi connectivity index (χ0) is 11.6. The Morgan fingerprint density at radius 3 is 2.69 bits per heavy atom. The van der Waals surface area contributed by atoms with Gasteiger partial charge in [0.15, 0.2) is 0 Å². The molecule has 0 spiro atoms. The van der Waals surface area contributed by atoms with Crippen molar-refractivity contribution in [3.8, 4) is 0 Å². The number of β-amino-alcohol motifs (C(OH)–C–C–N with tert-alkyl or cyclic N) is 1. The van der Waals surface area contributed by atoms with Crippen LogP contribution in [0.25, 0.3) is 0 Å². The van der Waals surface area contributed by atoms with Gasteiger partial charge in [0.25, 0.3) is 0 Å². The number of likely N-dealkylation sites (tertiary alicyclic amines) is 1. The quantitative estimate of drug-likeness (QED) is 0.792. The summed E-state index contributed by atoms with van der Waals surface area (Å²) in [6.45, 7) is 4.44. The fourth-order valence-electron chi connectivity index (χ4n) is 2.45. The SMILES string of the molecule is CN[C@H]1CN(Cc2ccccc2)C[C@@]1(C)O. The first-order chi connectivity index (χ1) is 7.62. The van der Waals surface area contributed by atoms with Crippen molar-refractivity contribution in [1.29, 1.82) is 0 Å². The Balaban J connectivity index is 1.99. The van der Waals surface area contributed by atoms with Crippen LogP contribution in [-0.2, 0) is 6.54 Å². The number of likely N-dealkylation sites (N-methyl/N-ethyl adjacent to an activating group) is 1. The van der Waals surface area contributed by atoms with E-state index in [1.807, 2.05) is 20.0 Å². The summed E-state index contributed by atoms with van der Waals surface area (Å²) in [4.78, 5) is 2.29. The Hall–Kier alpha value is -0.900. The van der Waals surface area contributed by atoms with Crippen molar-refractivity contribution < 1.29 is 5.11 Å². The number of rotatable bonds is 3. The molecule has 1 saturated heterocycles. The minimum absolute atomic E-state index is 0.163. The molecule has 2 N–H and O–H groups in total. The van der Waals surface area contributed by atoms with Gasteiger partial charge in [0.1, 0.15) is 0 Å². The van der Waals surface area contributed by atoms with Crippen molar-refractivity contribution in [3.63, 3.8) is 0 Å². The minimum Gasteiger partial charge on any atom is -0.387 e. The molecule has 0 aliphatic carbocycles. The Labute approximate surface area is 97.1 Å². The van der Waals surface area contributed by atoms with E-state index in [1.165, 1.54) is 5.56 Å². The Morgan fingerprint density at radius 2 is 2.12 bits per heavy atom. The van der Waals surface area contributed by atoms with Crippen molar-refractivity contribution in [2.24, 2.45) is 0 Å². The van der Waals surface area contributed by atoms with Crippen LogP contribution < -0.4 is 5.32 Å². The van der Waals surface area contributed by atoms with E-state index in [2.05, 4.69) is 34.5 Å². The zero-order valence-electron chi connectivity index (χ0n) is 9.98. The highest BCUT2D eigenvalue weighted by atomic mass is 16.3. The molecule has 3 heteroatoms. The third kappa shape index (κ3) is 2.43. The van der Waals surface area contributed by atoms with Crippen molar-refractivity contribution >= 4 is 0 Å². The second-order valence-electron chi connectivity index (χ2n) is 4.85. The lowest BCUT2D eigenvalue weighted by molar-refractivity contribution is 0.0474. The predicted molar refractivity (Wildman–Crippen MR) is 65.2 cm³/mol. The summed E-state index contributed by atoms with van der Waals surface area (Å²) >= 11 is 0. The zero-order valence-corrected chi connectivity index (χ0v) is 9.98. The van der Waals surface area contributed by atoms with Gasteiger partial charge < -0.3 is 10.4 Å². The van der Waals surface area contributed by atoms with Gasteiger partial charge in [-0.05, 0) is 19.5 Å². The largest absolute Gasteiger partial charge is 0.387 e. The second-order valence-corrected chi connectivity index (χ2v) is 4.85. The molecular weight excluding hydrogens is 200 g/mol. The highest BCUT2D eigenvalue weighted by Gasteiger charge is 2.40. The third-order valence-electron chi connectivity index (χ3n) is 3.33. The van der Waals surface area contributed by atoms with E-state index in [4.69, 9.17) is 0 Å². The fourth-order valence-corrected chi connectivity index (χ4v) is 2.45. The lowest BCUT2D eigenvalue weighted by Crippen LogP contribution is -2.46. The Kier molecular flexibility index (Phi) is 3.28. The summed E-state index contributed by atoms with van der Waals surface area (Å²) in [5, 5.41) is 13.4. The standard InChI is InChI=1S/C13H20N2O/c1-13(16)10-15(9-12(13)14-2)8-11-6-4-3-5-7-11/h3-7,12,14,16H,8-10H2,1-2H3/t12-,13+/m0/s1. The van der Waals surface area contributed by atoms with Crippen LogP contribution in [0.2, 0.25) is 0 Å². The summed E-state index contributed by atoms with van der Waals surface area (Å²) < 4.78 is 0. The van der Waals surface area contributed by atoms with E-state index in [-0.39, 0.29) is 6.04 Å². The maximum atomic E-state index is 10.2. The maximum Gasteiger partial charge on any atom is 0.0910 e. The summed E-state index contributed by atoms with van der Waals surface area (Å²) in [6.07, 6.45) is 0. The molecule has 16 heavy (non-hydrogen) atoms. The van der Waals surface area contributed by atoms with E-state index in [0.29, 0.717) is 0 Å². The van der Waals surface area contributed by atoms with Crippen LogP contribution >= 0.6 is 0 Å². The lowest BCUT2D eigenvalue weighted by atomic mass is 10.0. The number of nitrogens with zero attached hydrogens (tertiary/aromatic N) is 1. The van der Waals surface area contributed by atoms with Crippen LogP contribution in [0.5, 0.6) is 0 Å². The van der Waals surface area contributed by atoms with Crippen LogP contribution in [-0.4, -0.2) is 41.8 Å². The highest BCUT2D eigenvalue weighted by Crippen LogP contribution is 2.22. The van der Waals surface area contributed by atoms with E-state index < -0.39 is 5.60 Å².